The summed E-state index contributed by atoms with van der Waals surface area (Å²) in [4.78, 5) is 13.2. The Morgan fingerprint density at radius 3 is 2.96 bits per heavy atom. The van der Waals surface area contributed by atoms with Crippen molar-refractivity contribution in [2.24, 2.45) is 0 Å². The van der Waals surface area contributed by atoms with Crippen LogP contribution in [0.4, 0.5) is 5.95 Å². The first-order valence-electron chi connectivity index (χ1n) is 8.46. The van der Waals surface area contributed by atoms with E-state index < -0.39 is 0 Å². The first-order valence-corrected chi connectivity index (χ1v) is 9.40. The summed E-state index contributed by atoms with van der Waals surface area (Å²) in [6.45, 7) is 0.730. The molecule has 0 saturated carbocycles. The number of para-hydroxylation sites is 2. The number of thiazole rings is 1. The zero-order valence-electron chi connectivity index (χ0n) is 14.7. The fourth-order valence-corrected chi connectivity index (χ4v) is 3.27. The standard InChI is InChI=1S/C19H18N6OS/c1-26-18-5-3-2-4-17(18)25-11-14(10-23-25)16-7-9-21-19(24-16)20-8-6-15-12-27-13-22-15/h2-5,7,9-13H,6,8H2,1H3,(H,20,21,24). The molecule has 27 heavy (non-hydrogen) atoms. The number of benzene rings is 1. The molecule has 136 valence electrons. The molecule has 0 spiro atoms. The maximum absolute atomic E-state index is 5.41. The Morgan fingerprint density at radius 2 is 2.11 bits per heavy atom. The van der Waals surface area contributed by atoms with Crippen LogP contribution in [0.15, 0.2) is 59.8 Å². The van der Waals surface area contributed by atoms with Gasteiger partial charge in [0.2, 0.25) is 5.95 Å². The van der Waals surface area contributed by atoms with Gasteiger partial charge in [0.25, 0.3) is 0 Å². The Balaban J connectivity index is 1.50. The van der Waals surface area contributed by atoms with Gasteiger partial charge in [-0.2, -0.15) is 5.10 Å². The summed E-state index contributed by atoms with van der Waals surface area (Å²) < 4.78 is 7.19. The van der Waals surface area contributed by atoms with Gasteiger partial charge in [0.1, 0.15) is 11.4 Å². The summed E-state index contributed by atoms with van der Waals surface area (Å²) in [6.07, 6.45) is 6.30. The van der Waals surface area contributed by atoms with Crippen molar-refractivity contribution in [1.82, 2.24) is 24.7 Å². The molecule has 0 radical (unpaired) electrons. The molecular formula is C19H18N6OS. The molecule has 4 aromatic rings. The van der Waals surface area contributed by atoms with Crippen molar-refractivity contribution in [3.05, 3.63) is 65.5 Å². The number of nitrogens with one attached hydrogen (secondary N) is 1. The van der Waals surface area contributed by atoms with E-state index in [1.165, 1.54) is 0 Å². The number of hydrogen-bond donors (Lipinski definition) is 1. The van der Waals surface area contributed by atoms with Crippen molar-refractivity contribution >= 4 is 17.3 Å². The number of anilines is 1. The van der Waals surface area contributed by atoms with Gasteiger partial charge in [0.15, 0.2) is 0 Å². The van der Waals surface area contributed by atoms with Gasteiger partial charge in [0.05, 0.1) is 30.2 Å². The summed E-state index contributed by atoms with van der Waals surface area (Å²) in [5.41, 5.74) is 5.50. The van der Waals surface area contributed by atoms with Crippen LogP contribution in [0, 0.1) is 0 Å². The summed E-state index contributed by atoms with van der Waals surface area (Å²) in [7, 11) is 1.65. The zero-order valence-corrected chi connectivity index (χ0v) is 15.6. The molecule has 1 aromatic carbocycles. The highest BCUT2D eigenvalue weighted by Crippen LogP contribution is 2.24. The van der Waals surface area contributed by atoms with E-state index in [1.807, 2.05) is 47.4 Å². The highest BCUT2D eigenvalue weighted by molar-refractivity contribution is 7.07. The first-order chi connectivity index (χ1) is 13.3. The van der Waals surface area contributed by atoms with Crippen molar-refractivity contribution in [2.75, 3.05) is 19.0 Å². The van der Waals surface area contributed by atoms with Crippen LogP contribution >= 0.6 is 11.3 Å². The number of aromatic nitrogens is 5. The Labute approximate surface area is 160 Å². The molecule has 0 saturated heterocycles. The van der Waals surface area contributed by atoms with Gasteiger partial charge in [-0.3, -0.25) is 0 Å². The molecule has 0 aliphatic carbocycles. The van der Waals surface area contributed by atoms with Crippen molar-refractivity contribution in [1.29, 1.82) is 0 Å². The second-order valence-electron chi connectivity index (χ2n) is 5.77. The summed E-state index contributed by atoms with van der Waals surface area (Å²) in [5, 5.41) is 9.74. The van der Waals surface area contributed by atoms with Crippen molar-refractivity contribution < 1.29 is 4.74 Å². The van der Waals surface area contributed by atoms with Gasteiger partial charge in [-0.15, -0.1) is 11.3 Å². The average Bonchev–Trinajstić information content (AvgIpc) is 3.40. The Hall–Kier alpha value is -3.26. The molecule has 7 nitrogen and oxygen atoms in total. The Kier molecular flexibility index (Phi) is 5.06. The van der Waals surface area contributed by atoms with E-state index in [2.05, 4.69) is 25.4 Å². The summed E-state index contributed by atoms with van der Waals surface area (Å²) in [6, 6.07) is 9.62. The number of hydrogen-bond acceptors (Lipinski definition) is 7. The number of methoxy groups -OCH3 is 1. The average molecular weight is 378 g/mol. The van der Waals surface area contributed by atoms with Gasteiger partial charge in [-0.1, -0.05) is 12.1 Å². The van der Waals surface area contributed by atoms with Crippen LogP contribution in [0.2, 0.25) is 0 Å². The highest BCUT2D eigenvalue weighted by atomic mass is 32.1. The van der Waals surface area contributed by atoms with Crippen LogP contribution < -0.4 is 10.1 Å². The van der Waals surface area contributed by atoms with Crippen LogP contribution in [0.5, 0.6) is 5.75 Å². The van der Waals surface area contributed by atoms with Gasteiger partial charge in [-0.05, 0) is 18.2 Å². The molecule has 0 unspecified atom stereocenters. The summed E-state index contributed by atoms with van der Waals surface area (Å²) in [5.74, 6) is 1.35. The van der Waals surface area contributed by atoms with Crippen molar-refractivity contribution in [2.45, 2.75) is 6.42 Å². The Bertz CT molecular complexity index is 1010. The van der Waals surface area contributed by atoms with E-state index in [0.29, 0.717) is 5.95 Å². The van der Waals surface area contributed by atoms with Gasteiger partial charge >= 0.3 is 0 Å². The normalized spacial score (nSPS) is 10.7. The third-order valence-electron chi connectivity index (χ3n) is 4.01. The lowest BCUT2D eigenvalue weighted by molar-refractivity contribution is 0.411. The highest BCUT2D eigenvalue weighted by Gasteiger charge is 2.09. The second kappa shape index (κ2) is 7.96. The minimum Gasteiger partial charge on any atom is -0.494 e. The molecule has 0 aliphatic heterocycles. The molecule has 0 bridgehead atoms. The molecule has 0 atom stereocenters. The quantitative estimate of drug-likeness (QED) is 0.531. The molecule has 8 heteroatoms. The lowest BCUT2D eigenvalue weighted by Crippen LogP contribution is -2.08. The minimum absolute atomic E-state index is 0.591. The number of nitrogens with zero attached hydrogens (tertiary/aromatic N) is 5. The van der Waals surface area contributed by atoms with Crippen molar-refractivity contribution in [3.63, 3.8) is 0 Å². The molecule has 3 aromatic heterocycles. The molecule has 0 fully saturated rings. The topological polar surface area (TPSA) is 77.8 Å². The van der Waals surface area contributed by atoms with E-state index >= 15 is 0 Å². The van der Waals surface area contributed by atoms with E-state index in [9.17, 15) is 0 Å². The van der Waals surface area contributed by atoms with Gasteiger partial charge in [-0.25, -0.2) is 19.6 Å². The zero-order chi connectivity index (χ0) is 18.5. The fourth-order valence-electron chi connectivity index (χ4n) is 2.67. The number of ether oxygens (including phenoxy) is 1. The lowest BCUT2D eigenvalue weighted by Gasteiger charge is -2.07. The first kappa shape index (κ1) is 17.2. The predicted octanol–water partition coefficient (Wildman–Crippen LogP) is 3.45. The predicted molar refractivity (Wildman–Crippen MR) is 105 cm³/mol. The second-order valence-corrected chi connectivity index (χ2v) is 6.49. The van der Waals surface area contributed by atoms with Crippen LogP contribution in [0.1, 0.15) is 5.69 Å². The van der Waals surface area contributed by atoms with E-state index in [1.54, 1.807) is 35.5 Å². The van der Waals surface area contributed by atoms with Crippen LogP contribution in [0.25, 0.3) is 16.9 Å². The molecule has 0 amide bonds. The van der Waals surface area contributed by atoms with Gasteiger partial charge in [0, 0.05) is 36.3 Å². The molecular weight excluding hydrogens is 360 g/mol. The minimum atomic E-state index is 0.591. The van der Waals surface area contributed by atoms with Gasteiger partial charge < -0.3 is 10.1 Å². The number of rotatable bonds is 7. The van der Waals surface area contributed by atoms with Crippen LogP contribution in [-0.4, -0.2) is 38.4 Å². The molecule has 0 aliphatic rings. The molecule has 1 N–H and O–H groups in total. The third-order valence-corrected chi connectivity index (χ3v) is 4.65. The fraction of sp³-hybridized carbons (Fsp3) is 0.158. The van der Waals surface area contributed by atoms with Crippen LogP contribution in [0.3, 0.4) is 0 Å². The monoisotopic (exact) mass is 378 g/mol. The SMILES string of the molecule is COc1ccccc1-n1cc(-c2ccnc(NCCc3cscn3)n2)cn1. The van der Waals surface area contributed by atoms with E-state index in [-0.39, 0.29) is 0 Å². The molecule has 3 heterocycles. The molecule has 4 rings (SSSR count). The maximum Gasteiger partial charge on any atom is 0.223 e. The Morgan fingerprint density at radius 1 is 1.19 bits per heavy atom. The third kappa shape index (κ3) is 3.95. The summed E-state index contributed by atoms with van der Waals surface area (Å²) >= 11 is 1.60. The lowest BCUT2D eigenvalue weighted by atomic mass is 10.2. The smallest absolute Gasteiger partial charge is 0.223 e. The van der Waals surface area contributed by atoms with E-state index in [4.69, 9.17) is 4.74 Å². The van der Waals surface area contributed by atoms with Crippen LogP contribution in [-0.2, 0) is 6.42 Å². The van der Waals surface area contributed by atoms with Crippen molar-refractivity contribution in [3.8, 4) is 22.7 Å². The van der Waals surface area contributed by atoms with E-state index in [0.717, 1.165) is 41.4 Å². The maximum atomic E-state index is 5.41. The largest absolute Gasteiger partial charge is 0.494 e.